The average molecular weight is 263 g/mol. The van der Waals surface area contributed by atoms with Gasteiger partial charge in [0, 0.05) is 7.11 Å². The molecule has 0 saturated carbocycles. The van der Waals surface area contributed by atoms with Crippen molar-refractivity contribution >= 4 is 12.2 Å². The second-order valence-electron chi connectivity index (χ2n) is 4.11. The number of methoxy groups -OCH3 is 1. The summed E-state index contributed by atoms with van der Waals surface area (Å²) in [7, 11) is 1.47. The van der Waals surface area contributed by atoms with Gasteiger partial charge in [0.2, 0.25) is 0 Å². The van der Waals surface area contributed by atoms with Crippen LogP contribution >= 0.6 is 0 Å². The molecule has 3 atom stereocenters. The van der Waals surface area contributed by atoms with Gasteiger partial charge in [0.05, 0.1) is 6.10 Å². The van der Waals surface area contributed by atoms with Crippen molar-refractivity contribution in [2.24, 2.45) is 11.1 Å². The predicted molar refractivity (Wildman–Crippen MR) is 63.9 cm³/mol. The van der Waals surface area contributed by atoms with Crippen molar-refractivity contribution in [2.75, 3.05) is 13.9 Å². The Bertz CT molecular complexity index is 266. The summed E-state index contributed by atoms with van der Waals surface area (Å²) in [5.74, 6) is 0.0257. The van der Waals surface area contributed by atoms with Crippen LogP contribution in [0.2, 0.25) is 0 Å². The molecule has 18 heavy (non-hydrogen) atoms. The number of ether oxygens (including phenoxy) is 2. The Kier molecular flexibility index (Phi) is 8.27. The van der Waals surface area contributed by atoms with Gasteiger partial charge in [-0.1, -0.05) is 19.0 Å². The summed E-state index contributed by atoms with van der Waals surface area (Å²) in [6.07, 6.45) is -2.74. The van der Waals surface area contributed by atoms with Gasteiger partial charge in [0.1, 0.15) is 17.9 Å². The molecule has 7 heteroatoms. The van der Waals surface area contributed by atoms with E-state index in [-0.39, 0.29) is 24.9 Å². The van der Waals surface area contributed by atoms with E-state index in [2.05, 4.69) is 9.89 Å². The SMILES string of the molecule is CO[C@H](/C(=N/OCOC=O)[C@@H](O)[C@@H](C)O)C(C)C. The molecule has 0 aromatic rings. The molecule has 0 unspecified atom stereocenters. The largest absolute Gasteiger partial charge is 0.428 e. The first kappa shape index (κ1) is 16.8. The lowest BCUT2D eigenvalue weighted by Gasteiger charge is -2.25. The van der Waals surface area contributed by atoms with E-state index in [1.807, 2.05) is 13.8 Å². The Morgan fingerprint density at radius 2 is 1.94 bits per heavy atom. The number of hydrogen-bond donors (Lipinski definition) is 2. The van der Waals surface area contributed by atoms with Crippen molar-refractivity contribution in [2.45, 2.75) is 39.1 Å². The van der Waals surface area contributed by atoms with Gasteiger partial charge in [0.15, 0.2) is 0 Å². The summed E-state index contributed by atoms with van der Waals surface area (Å²) < 4.78 is 9.51. The third kappa shape index (κ3) is 5.44. The van der Waals surface area contributed by atoms with Crippen LogP contribution in [-0.4, -0.2) is 54.6 Å². The smallest absolute Gasteiger partial charge is 0.296 e. The Balaban J connectivity index is 4.84. The molecule has 0 saturated heterocycles. The predicted octanol–water partition coefficient (Wildman–Crippen LogP) is -0.0978. The zero-order valence-corrected chi connectivity index (χ0v) is 11.1. The van der Waals surface area contributed by atoms with Gasteiger partial charge in [-0.2, -0.15) is 0 Å². The van der Waals surface area contributed by atoms with Crippen LogP contribution in [0.25, 0.3) is 0 Å². The monoisotopic (exact) mass is 263 g/mol. The highest BCUT2D eigenvalue weighted by Crippen LogP contribution is 2.13. The second-order valence-corrected chi connectivity index (χ2v) is 4.11. The Morgan fingerprint density at radius 1 is 1.33 bits per heavy atom. The molecule has 7 nitrogen and oxygen atoms in total. The van der Waals surface area contributed by atoms with Gasteiger partial charge in [-0.15, -0.1) is 0 Å². The molecule has 0 aromatic carbocycles. The number of carbonyl (C=O) groups excluding carboxylic acids is 1. The summed E-state index contributed by atoms with van der Waals surface area (Å²) in [4.78, 5) is 14.6. The highest BCUT2D eigenvalue weighted by Gasteiger charge is 2.29. The molecule has 0 aliphatic heterocycles. The number of aliphatic hydroxyl groups is 2. The number of hydrogen-bond acceptors (Lipinski definition) is 7. The first-order valence-electron chi connectivity index (χ1n) is 5.59. The third-order valence-electron chi connectivity index (χ3n) is 2.27. The minimum absolute atomic E-state index is 0.0257. The number of rotatable bonds is 9. The lowest BCUT2D eigenvalue weighted by atomic mass is 9.96. The van der Waals surface area contributed by atoms with Crippen molar-refractivity contribution in [1.29, 1.82) is 0 Å². The maximum absolute atomic E-state index is 9.93. The highest BCUT2D eigenvalue weighted by atomic mass is 16.7. The van der Waals surface area contributed by atoms with Crippen LogP contribution in [0, 0.1) is 5.92 Å². The van der Waals surface area contributed by atoms with Gasteiger partial charge in [0.25, 0.3) is 13.3 Å². The van der Waals surface area contributed by atoms with Crippen molar-refractivity contribution in [1.82, 2.24) is 0 Å². The maximum Gasteiger partial charge on any atom is 0.296 e. The molecule has 106 valence electrons. The van der Waals surface area contributed by atoms with E-state index in [1.54, 1.807) is 0 Å². The van der Waals surface area contributed by atoms with Crippen molar-refractivity contribution in [3.63, 3.8) is 0 Å². The lowest BCUT2D eigenvalue weighted by Crippen LogP contribution is -2.42. The zero-order valence-electron chi connectivity index (χ0n) is 11.1. The van der Waals surface area contributed by atoms with E-state index in [1.165, 1.54) is 14.0 Å². The molecular formula is C11H21NO6. The van der Waals surface area contributed by atoms with Gasteiger partial charge in [-0.05, 0) is 12.8 Å². The molecule has 0 aliphatic carbocycles. The molecule has 0 amide bonds. The molecule has 2 N–H and O–H groups in total. The van der Waals surface area contributed by atoms with Gasteiger partial charge < -0.3 is 24.5 Å². The summed E-state index contributed by atoms with van der Waals surface area (Å²) in [5, 5.41) is 22.9. The van der Waals surface area contributed by atoms with Gasteiger partial charge in [-0.25, -0.2) is 0 Å². The summed E-state index contributed by atoms with van der Waals surface area (Å²) in [6.45, 7) is 5.03. The number of oxime groups is 1. The molecule has 0 aliphatic rings. The van der Waals surface area contributed by atoms with Crippen molar-refractivity contribution in [3.05, 3.63) is 0 Å². The molecule has 0 aromatic heterocycles. The Morgan fingerprint density at radius 3 is 2.33 bits per heavy atom. The summed E-state index contributed by atoms with van der Waals surface area (Å²) in [6, 6.07) is 0. The quantitative estimate of drug-likeness (QED) is 0.198. The van der Waals surface area contributed by atoms with Crippen LogP contribution in [0.3, 0.4) is 0 Å². The molecule has 0 radical (unpaired) electrons. The summed E-state index contributed by atoms with van der Waals surface area (Å²) in [5.41, 5.74) is 0.150. The van der Waals surface area contributed by atoms with Crippen LogP contribution in [0.5, 0.6) is 0 Å². The fourth-order valence-corrected chi connectivity index (χ4v) is 1.41. The second kappa shape index (κ2) is 8.84. The Labute approximate surface area is 106 Å². The number of aliphatic hydroxyl groups excluding tert-OH is 2. The number of carbonyl (C=O) groups is 1. The number of nitrogens with zero attached hydrogens (tertiary/aromatic N) is 1. The minimum Gasteiger partial charge on any atom is -0.428 e. The van der Waals surface area contributed by atoms with Gasteiger partial charge in [-0.3, -0.25) is 4.79 Å². The molecule has 0 fully saturated rings. The Hall–Kier alpha value is -1.18. The van der Waals surface area contributed by atoms with Crippen LogP contribution in [0.4, 0.5) is 0 Å². The molecular weight excluding hydrogens is 242 g/mol. The van der Waals surface area contributed by atoms with Crippen LogP contribution in [0.1, 0.15) is 20.8 Å². The minimum atomic E-state index is -1.21. The van der Waals surface area contributed by atoms with E-state index < -0.39 is 18.3 Å². The van der Waals surface area contributed by atoms with Crippen LogP contribution in [0.15, 0.2) is 5.16 Å². The molecule has 0 rings (SSSR count). The lowest BCUT2D eigenvalue weighted by molar-refractivity contribution is -0.140. The van der Waals surface area contributed by atoms with E-state index in [0.29, 0.717) is 0 Å². The van der Waals surface area contributed by atoms with Crippen LogP contribution in [-0.2, 0) is 19.1 Å². The maximum atomic E-state index is 9.93. The van der Waals surface area contributed by atoms with E-state index in [4.69, 9.17) is 9.57 Å². The fourth-order valence-electron chi connectivity index (χ4n) is 1.41. The fraction of sp³-hybridized carbons (Fsp3) is 0.818. The molecule has 0 bridgehead atoms. The average Bonchev–Trinajstić information content (AvgIpc) is 2.31. The summed E-state index contributed by atoms with van der Waals surface area (Å²) >= 11 is 0. The zero-order chi connectivity index (χ0) is 14.1. The first-order chi connectivity index (χ1) is 8.45. The topological polar surface area (TPSA) is 97.6 Å². The molecule has 0 heterocycles. The van der Waals surface area contributed by atoms with E-state index in [0.717, 1.165) is 0 Å². The van der Waals surface area contributed by atoms with E-state index >= 15 is 0 Å². The van der Waals surface area contributed by atoms with Crippen molar-refractivity contribution < 1.29 is 29.3 Å². The van der Waals surface area contributed by atoms with Gasteiger partial charge >= 0.3 is 0 Å². The van der Waals surface area contributed by atoms with E-state index in [9.17, 15) is 15.0 Å². The first-order valence-corrected chi connectivity index (χ1v) is 5.59. The van der Waals surface area contributed by atoms with Crippen molar-refractivity contribution in [3.8, 4) is 0 Å². The molecule has 0 spiro atoms. The standard InChI is InChI=1S/C11H21NO6/c1-7(2)11(16-4)9(10(15)8(3)14)12-18-6-17-5-13/h5,7-8,10-11,14-15H,6H2,1-4H3/b12-9+/t8-,10+,11+/m1/s1. The highest BCUT2D eigenvalue weighted by molar-refractivity contribution is 5.92. The third-order valence-corrected chi connectivity index (χ3v) is 2.27. The van der Waals surface area contributed by atoms with Crippen LogP contribution < -0.4 is 0 Å². The normalized spacial score (nSPS) is 17.2.